The van der Waals surface area contributed by atoms with Crippen molar-refractivity contribution in [1.29, 1.82) is 0 Å². The summed E-state index contributed by atoms with van der Waals surface area (Å²) < 4.78 is 32.0. The van der Waals surface area contributed by atoms with E-state index in [1.165, 1.54) is 17.3 Å². The Morgan fingerprint density at radius 1 is 1.27 bits per heavy atom. The molecule has 26 heavy (non-hydrogen) atoms. The maximum absolute atomic E-state index is 12.6. The molecule has 8 heteroatoms. The molecule has 1 aliphatic heterocycles. The third-order valence-corrected chi connectivity index (χ3v) is 6.43. The van der Waals surface area contributed by atoms with E-state index in [2.05, 4.69) is 5.32 Å². The van der Waals surface area contributed by atoms with Gasteiger partial charge in [-0.3, -0.25) is 4.79 Å². The van der Waals surface area contributed by atoms with Crippen molar-refractivity contribution in [1.82, 2.24) is 9.62 Å². The number of sulfonamides is 1. The van der Waals surface area contributed by atoms with E-state index < -0.39 is 22.0 Å². The molecule has 3 rings (SSSR count). The fraction of sp³-hybridized carbons (Fsp3) is 0.389. The fourth-order valence-electron chi connectivity index (χ4n) is 2.97. The zero-order valence-corrected chi connectivity index (χ0v) is 15.3. The van der Waals surface area contributed by atoms with Gasteiger partial charge < -0.3 is 14.8 Å². The summed E-state index contributed by atoms with van der Waals surface area (Å²) in [6, 6.07) is 10.2. The molecule has 1 atom stereocenters. The van der Waals surface area contributed by atoms with Crippen LogP contribution in [0.1, 0.15) is 40.8 Å². The molecule has 140 valence electrons. The summed E-state index contributed by atoms with van der Waals surface area (Å²) in [5.74, 6) is -0.461. The Morgan fingerprint density at radius 3 is 2.58 bits per heavy atom. The standard InChI is InChI=1S/C18H22N2O5S/c1-13-17(26(23,24)20-9-5-6-10-20)11-16(25-13)18(22)19-12-15(21)14-7-3-2-4-8-14/h2-4,7-8,11,15,21H,5-6,9-10,12H2,1H3,(H,19,22)/t15-/m0/s1. The predicted molar refractivity (Wildman–Crippen MR) is 95.2 cm³/mol. The van der Waals surface area contributed by atoms with Crippen LogP contribution < -0.4 is 5.32 Å². The molecule has 2 aromatic rings. The first-order valence-corrected chi connectivity index (χ1v) is 9.95. The number of benzene rings is 1. The van der Waals surface area contributed by atoms with E-state index in [4.69, 9.17) is 4.42 Å². The van der Waals surface area contributed by atoms with Crippen LogP contribution >= 0.6 is 0 Å². The maximum Gasteiger partial charge on any atom is 0.287 e. The molecular formula is C18H22N2O5S. The number of amides is 1. The molecule has 1 amide bonds. The average Bonchev–Trinajstić information content (AvgIpc) is 3.30. The number of carbonyl (C=O) groups excluding carboxylic acids is 1. The number of rotatable bonds is 6. The number of nitrogens with zero attached hydrogens (tertiary/aromatic N) is 1. The molecule has 1 aromatic carbocycles. The highest BCUT2D eigenvalue weighted by Gasteiger charge is 2.31. The number of furan rings is 1. The average molecular weight is 378 g/mol. The Balaban J connectivity index is 1.69. The van der Waals surface area contributed by atoms with Gasteiger partial charge in [-0.05, 0) is 25.3 Å². The minimum Gasteiger partial charge on any atom is -0.455 e. The van der Waals surface area contributed by atoms with E-state index in [0.29, 0.717) is 18.7 Å². The van der Waals surface area contributed by atoms with E-state index >= 15 is 0 Å². The Labute approximate surface area is 152 Å². The highest BCUT2D eigenvalue weighted by atomic mass is 32.2. The van der Waals surface area contributed by atoms with Gasteiger partial charge in [-0.25, -0.2) is 8.42 Å². The van der Waals surface area contributed by atoms with Crippen molar-refractivity contribution in [3.05, 3.63) is 53.5 Å². The number of hydrogen-bond donors (Lipinski definition) is 2. The van der Waals surface area contributed by atoms with Gasteiger partial charge in [0.15, 0.2) is 5.76 Å². The lowest BCUT2D eigenvalue weighted by Gasteiger charge is -2.14. The molecule has 0 unspecified atom stereocenters. The summed E-state index contributed by atoms with van der Waals surface area (Å²) in [6.07, 6.45) is 0.811. The minimum atomic E-state index is -3.65. The summed E-state index contributed by atoms with van der Waals surface area (Å²) in [4.78, 5) is 12.3. The van der Waals surface area contributed by atoms with E-state index in [9.17, 15) is 18.3 Å². The fourth-order valence-corrected chi connectivity index (χ4v) is 4.65. The lowest BCUT2D eigenvalue weighted by Crippen LogP contribution is -2.28. The molecule has 0 spiro atoms. The van der Waals surface area contributed by atoms with Crippen molar-refractivity contribution in [2.45, 2.75) is 30.8 Å². The van der Waals surface area contributed by atoms with Crippen LogP contribution in [0.15, 0.2) is 45.7 Å². The zero-order valence-electron chi connectivity index (χ0n) is 14.5. The Hall–Kier alpha value is -2.16. The summed E-state index contributed by atoms with van der Waals surface area (Å²) in [6.45, 7) is 2.49. The van der Waals surface area contributed by atoms with Crippen LogP contribution in [-0.4, -0.2) is 43.4 Å². The van der Waals surface area contributed by atoms with Crippen molar-refractivity contribution in [2.24, 2.45) is 0 Å². The van der Waals surface area contributed by atoms with E-state index in [-0.39, 0.29) is 23.0 Å². The highest BCUT2D eigenvalue weighted by molar-refractivity contribution is 7.89. The van der Waals surface area contributed by atoms with Gasteiger partial charge in [0.05, 0.1) is 6.10 Å². The monoisotopic (exact) mass is 378 g/mol. The first kappa shape index (κ1) is 18.6. The van der Waals surface area contributed by atoms with Crippen molar-refractivity contribution >= 4 is 15.9 Å². The van der Waals surface area contributed by atoms with Crippen LogP contribution in [0.4, 0.5) is 0 Å². The predicted octanol–water partition coefficient (Wildman–Crippen LogP) is 1.84. The summed E-state index contributed by atoms with van der Waals surface area (Å²) in [7, 11) is -3.65. The molecule has 0 aliphatic carbocycles. The van der Waals surface area contributed by atoms with Crippen LogP contribution in [0.25, 0.3) is 0 Å². The second-order valence-corrected chi connectivity index (χ2v) is 8.19. The Morgan fingerprint density at radius 2 is 1.92 bits per heavy atom. The number of nitrogens with one attached hydrogen (secondary N) is 1. The van der Waals surface area contributed by atoms with Crippen molar-refractivity contribution in [3.63, 3.8) is 0 Å². The SMILES string of the molecule is Cc1oc(C(=O)NC[C@H](O)c2ccccc2)cc1S(=O)(=O)N1CCCC1. The molecule has 2 heterocycles. The highest BCUT2D eigenvalue weighted by Crippen LogP contribution is 2.26. The largest absolute Gasteiger partial charge is 0.455 e. The van der Waals surface area contributed by atoms with Gasteiger partial charge in [0.1, 0.15) is 10.7 Å². The van der Waals surface area contributed by atoms with Gasteiger partial charge in [0.2, 0.25) is 10.0 Å². The number of aliphatic hydroxyl groups is 1. The molecular weight excluding hydrogens is 356 g/mol. The number of hydrogen-bond acceptors (Lipinski definition) is 5. The molecule has 1 aromatic heterocycles. The molecule has 0 saturated carbocycles. The van der Waals surface area contributed by atoms with Gasteiger partial charge >= 0.3 is 0 Å². The molecule has 0 radical (unpaired) electrons. The third kappa shape index (κ3) is 3.82. The molecule has 7 nitrogen and oxygen atoms in total. The summed E-state index contributed by atoms with van der Waals surface area (Å²) in [5.41, 5.74) is 0.681. The molecule has 1 fully saturated rings. The second-order valence-electron chi connectivity index (χ2n) is 6.28. The van der Waals surface area contributed by atoms with Gasteiger partial charge in [-0.1, -0.05) is 30.3 Å². The number of aryl methyl sites for hydroxylation is 1. The minimum absolute atomic E-state index is 0.00317. The summed E-state index contributed by atoms with van der Waals surface area (Å²) in [5, 5.41) is 12.7. The van der Waals surface area contributed by atoms with Crippen LogP contribution in [0.5, 0.6) is 0 Å². The zero-order chi connectivity index (χ0) is 18.7. The van der Waals surface area contributed by atoms with Crippen LogP contribution in [0.3, 0.4) is 0 Å². The van der Waals surface area contributed by atoms with Crippen LogP contribution in [0.2, 0.25) is 0 Å². The van der Waals surface area contributed by atoms with E-state index in [1.807, 2.05) is 6.07 Å². The lowest BCUT2D eigenvalue weighted by molar-refractivity contribution is 0.0887. The normalized spacial score (nSPS) is 16.5. The summed E-state index contributed by atoms with van der Waals surface area (Å²) >= 11 is 0. The Bertz CT molecular complexity index is 870. The van der Waals surface area contributed by atoms with Crippen LogP contribution in [0, 0.1) is 6.92 Å². The van der Waals surface area contributed by atoms with Crippen molar-refractivity contribution in [2.75, 3.05) is 19.6 Å². The number of aliphatic hydroxyl groups excluding tert-OH is 1. The molecule has 1 aliphatic rings. The smallest absolute Gasteiger partial charge is 0.287 e. The van der Waals surface area contributed by atoms with Crippen LogP contribution in [-0.2, 0) is 10.0 Å². The number of carbonyl (C=O) groups is 1. The van der Waals surface area contributed by atoms with Crippen molar-refractivity contribution in [3.8, 4) is 0 Å². The van der Waals surface area contributed by atoms with Crippen molar-refractivity contribution < 1.29 is 22.7 Å². The molecule has 0 bridgehead atoms. The van der Waals surface area contributed by atoms with E-state index in [1.54, 1.807) is 24.3 Å². The van der Waals surface area contributed by atoms with E-state index in [0.717, 1.165) is 12.8 Å². The molecule has 2 N–H and O–H groups in total. The molecule has 1 saturated heterocycles. The van der Waals surface area contributed by atoms with Gasteiger partial charge in [0.25, 0.3) is 5.91 Å². The second kappa shape index (κ2) is 7.61. The maximum atomic E-state index is 12.6. The third-order valence-electron chi connectivity index (χ3n) is 4.42. The first-order chi connectivity index (χ1) is 12.4. The van der Waals surface area contributed by atoms with Gasteiger partial charge in [0, 0.05) is 25.7 Å². The Kier molecular flexibility index (Phi) is 5.45. The quantitative estimate of drug-likeness (QED) is 0.799. The topological polar surface area (TPSA) is 99.8 Å². The van der Waals surface area contributed by atoms with Gasteiger partial charge in [-0.15, -0.1) is 0 Å². The first-order valence-electron chi connectivity index (χ1n) is 8.51. The lowest BCUT2D eigenvalue weighted by atomic mass is 10.1. The van der Waals surface area contributed by atoms with Gasteiger partial charge in [-0.2, -0.15) is 4.31 Å².